The van der Waals surface area contributed by atoms with Crippen molar-refractivity contribution in [1.29, 1.82) is 0 Å². The minimum atomic E-state index is -0.652. The third-order valence-electron chi connectivity index (χ3n) is 5.41. The molecule has 3 aromatic rings. The van der Waals surface area contributed by atoms with Crippen LogP contribution in [0.25, 0.3) is 10.8 Å². The Morgan fingerprint density at radius 2 is 1.67 bits per heavy atom. The van der Waals surface area contributed by atoms with Crippen molar-refractivity contribution in [2.24, 2.45) is 0 Å². The van der Waals surface area contributed by atoms with E-state index in [0.717, 1.165) is 24.4 Å². The summed E-state index contributed by atoms with van der Waals surface area (Å²) in [5.41, 5.74) is 2.31. The predicted octanol–water partition coefficient (Wildman–Crippen LogP) is 3.98. The number of hydrogen-bond acceptors (Lipinski definition) is 4. The van der Waals surface area contributed by atoms with Gasteiger partial charge in [-0.15, -0.1) is 0 Å². The van der Waals surface area contributed by atoms with Crippen LogP contribution in [0.1, 0.15) is 17.5 Å². The molecule has 0 bridgehead atoms. The van der Waals surface area contributed by atoms with E-state index in [4.69, 9.17) is 14.2 Å². The molecule has 4 heteroatoms. The maximum Gasteiger partial charge on any atom is 0.202 e. The van der Waals surface area contributed by atoms with Crippen molar-refractivity contribution >= 4 is 10.8 Å². The molecule has 0 amide bonds. The second-order valence-corrected chi connectivity index (χ2v) is 7.16. The summed E-state index contributed by atoms with van der Waals surface area (Å²) in [6, 6.07) is 23.0. The van der Waals surface area contributed by atoms with Crippen LogP contribution in [0.15, 0.2) is 66.7 Å². The number of para-hydroxylation sites is 1. The highest BCUT2D eigenvalue weighted by Gasteiger charge is 2.46. The quantitative estimate of drug-likeness (QED) is 0.763. The average Bonchev–Trinajstić information content (AvgIpc) is 3.17. The van der Waals surface area contributed by atoms with Gasteiger partial charge >= 0.3 is 0 Å². The minimum Gasteiger partial charge on any atom is -0.488 e. The van der Waals surface area contributed by atoms with Gasteiger partial charge in [-0.3, -0.25) is 0 Å². The Kier molecular flexibility index (Phi) is 4.32. The molecule has 3 aromatic carbocycles. The lowest BCUT2D eigenvalue weighted by atomic mass is 9.95. The van der Waals surface area contributed by atoms with Crippen molar-refractivity contribution in [3.8, 4) is 5.75 Å². The van der Waals surface area contributed by atoms with Gasteiger partial charge in [0.1, 0.15) is 11.9 Å². The molecule has 1 N–H and O–H groups in total. The summed E-state index contributed by atoms with van der Waals surface area (Å²) >= 11 is 0. The molecular weight excluding hydrogens is 338 g/mol. The van der Waals surface area contributed by atoms with Crippen LogP contribution in [0.2, 0.25) is 0 Å². The van der Waals surface area contributed by atoms with E-state index in [1.54, 1.807) is 0 Å². The molecule has 1 spiro atoms. The standard InChI is InChI=1S/C23H23NO3/c1-2-9-20-17(6-1)7-5-8-18(20)15-24-16-19-14-23(25-12-13-26-23)21-10-3-4-11-22(21)27-19/h1-11,19,24H,12-16H2. The molecule has 138 valence electrons. The minimum absolute atomic E-state index is 0.00739. The molecule has 2 aliphatic heterocycles. The van der Waals surface area contributed by atoms with Crippen molar-refractivity contribution in [2.45, 2.75) is 24.9 Å². The van der Waals surface area contributed by atoms with Crippen LogP contribution < -0.4 is 10.1 Å². The second-order valence-electron chi connectivity index (χ2n) is 7.16. The topological polar surface area (TPSA) is 39.7 Å². The molecule has 27 heavy (non-hydrogen) atoms. The first-order chi connectivity index (χ1) is 13.3. The van der Waals surface area contributed by atoms with E-state index < -0.39 is 5.79 Å². The summed E-state index contributed by atoms with van der Waals surface area (Å²) in [6.45, 7) is 2.80. The lowest BCUT2D eigenvalue weighted by Gasteiger charge is -2.38. The highest BCUT2D eigenvalue weighted by Crippen LogP contribution is 2.44. The molecule has 1 fully saturated rings. The fraction of sp³-hybridized carbons (Fsp3) is 0.304. The number of ether oxygens (including phenoxy) is 3. The van der Waals surface area contributed by atoms with Gasteiger partial charge in [-0.25, -0.2) is 0 Å². The maximum absolute atomic E-state index is 6.22. The van der Waals surface area contributed by atoms with Crippen LogP contribution in [0.5, 0.6) is 5.75 Å². The lowest BCUT2D eigenvalue weighted by molar-refractivity contribution is -0.194. The van der Waals surface area contributed by atoms with Gasteiger partial charge in [-0.1, -0.05) is 54.6 Å². The third-order valence-corrected chi connectivity index (χ3v) is 5.41. The van der Waals surface area contributed by atoms with E-state index in [-0.39, 0.29) is 6.10 Å². The molecule has 5 rings (SSSR count). The second kappa shape index (κ2) is 6.97. The Morgan fingerprint density at radius 3 is 2.59 bits per heavy atom. The van der Waals surface area contributed by atoms with Crippen LogP contribution >= 0.6 is 0 Å². The fourth-order valence-electron chi connectivity index (χ4n) is 4.17. The smallest absolute Gasteiger partial charge is 0.202 e. The predicted molar refractivity (Wildman–Crippen MR) is 105 cm³/mol. The highest BCUT2D eigenvalue weighted by molar-refractivity contribution is 5.85. The first-order valence-corrected chi connectivity index (χ1v) is 9.55. The molecule has 4 nitrogen and oxygen atoms in total. The number of nitrogens with one attached hydrogen (secondary N) is 1. The van der Waals surface area contributed by atoms with Gasteiger partial charge in [0.05, 0.1) is 18.8 Å². The zero-order valence-electron chi connectivity index (χ0n) is 15.2. The number of hydrogen-bond donors (Lipinski definition) is 1. The van der Waals surface area contributed by atoms with Crippen molar-refractivity contribution < 1.29 is 14.2 Å². The summed E-state index contributed by atoms with van der Waals surface area (Å²) in [5, 5.41) is 6.13. The van der Waals surface area contributed by atoms with Gasteiger partial charge < -0.3 is 19.5 Å². The molecule has 2 heterocycles. The number of rotatable bonds is 4. The highest BCUT2D eigenvalue weighted by atomic mass is 16.7. The zero-order chi connectivity index (χ0) is 18.1. The average molecular weight is 361 g/mol. The van der Waals surface area contributed by atoms with Crippen molar-refractivity contribution in [3.63, 3.8) is 0 Å². The Morgan fingerprint density at radius 1 is 0.889 bits per heavy atom. The van der Waals surface area contributed by atoms with Crippen LogP contribution in [0.3, 0.4) is 0 Å². The summed E-state index contributed by atoms with van der Waals surface area (Å²) in [5.74, 6) is 0.211. The van der Waals surface area contributed by atoms with Crippen molar-refractivity contribution in [2.75, 3.05) is 19.8 Å². The van der Waals surface area contributed by atoms with Gasteiger partial charge in [0.25, 0.3) is 0 Å². The van der Waals surface area contributed by atoms with Crippen LogP contribution in [0.4, 0.5) is 0 Å². The van der Waals surface area contributed by atoms with Crippen molar-refractivity contribution in [3.05, 3.63) is 77.9 Å². The van der Waals surface area contributed by atoms with Gasteiger partial charge in [0.2, 0.25) is 5.79 Å². The lowest BCUT2D eigenvalue weighted by Crippen LogP contribution is -2.43. The Balaban J connectivity index is 1.30. The van der Waals surface area contributed by atoms with E-state index in [2.05, 4.69) is 47.8 Å². The van der Waals surface area contributed by atoms with Gasteiger partial charge in [0.15, 0.2) is 0 Å². The third kappa shape index (κ3) is 3.10. The largest absolute Gasteiger partial charge is 0.488 e. The van der Waals surface area contributed by atoms with E-state index in [1.165, 1.54) is 16.3 Å². The monoisotopic (exact) mass is 361 g/mol. The molecule has 0 saturated carbocycles. The normalized spacial score (nSPS) is 20.5. The first-order valence-electron chi connectivity index (χ1n) is 9.55. The van der Waals surface area contributed by atoms with Crippen molar-refractivity contribution in [1.82, 2.24) is 5.32 Å². The molecule has 0 aliphatic carbocycles. The fourth-order valence-corrected chi connectivity index (χ4v) is 4.17. The Labute approximate surface area is 159 Å². The number of fused-ring (bicyclic) bond motifs is 3. The Bertz CT molecular complexity index is 944. The molecule has 0 radical (unpaired) electrons. The molecule has 1 saturated heterocycles. The summed E-state index contributed by atoms with van der Waals surface area (Å²) in [7, 11) is 0. The van der Waals surface area contributed by atoms with E-state index in [1.807, 2.05) is 24.3 Å². The van der Waals surface area contributed by atoms with E-state index in [0.29, 0.717) is 19.6 Å². The molecule has 0 aromatic heterocycles. The SMILES string of the molecule is c1ccc2c(c1)OC(CNCc1cccc3ccccc13)CC21OCCO1. The maximum atomic E-state index is 6.22. The summed E-state index contributed by atoms with van der Waals surface area (Å²) in [6.07, 6.45) is 0.708. The van der Waals surface area contributed by atoms with Crippen LogP contribution in [-0.2, 0) is 21.8 Å². The van der Waals surface area contributed by atoms with Gasteiger partial charge in [-0.2, -0.15) is 0 Å². The number of benzene rings is 3. The van der Waals surface area contributed by atoms with Gasteiger partial charge in [0, 0.05) is 19.5 Å². The molecule has 2 aliphatic rings. The Hall–Kier alpha value is -2.40. The van der Waals surface area contributed by atoms with E-state index >= 15 is 0 Å². The molecular formula is C23H23NO3. The van der Waals surface area contributed by atoms with Crippen LogP contribution in [-0.4, -0.2) is 25.9 Å². The van der Waals surface area contributed by atoms with Crippen LogP contribution in [0, 0.1) is 0 Å². The van der Waals surface area contributed by atoms with Gasteiger partial charge in [-0.05, 0) is 28.5 Å². The van der Waals surface area contributed by atoms with E-state index in [9.17, 15) is 0 Å². The molecule has 1 unspecified atom stereocenters. The molecule has 1 atom stereocenters. The first kappa shape index (κ1) is 16.8. The summed E-state index contributed by atoms with van der Waals surface area (Å²) < 4.78 is 18.3. The zero-order valence-corrected chi connectivity index (χ0v) is 15.2. The summed E-state index contributed by atoms with van der Waals surface area (Å²) in [4.78, 5) is 0.